The van der Waals surface area contributed by atoms with Gasteiger partial charge < -0.3 is 5.53 Å². The zero-order chi connectivity index (χ0) is 27.2. The summed E-state index contributed by atoms with van der Waals surface area (Å²) in [6.07, 6.45) is 19.3. The van der Waals surface area contributed by atoms with Crippen molar-refractivity contribution in [3.8, 4) is 0 Å². The zero-order valence-electron chi connectivity index (χ0n) is 24.8. The maximum absolute atomic E-state index is 11.7. The topological polar surface area (TPSA) is 25.3 Å². The summed E-state index contributed by atoms with van der Waals surface area (Å²) in [5, 5.41) is 0. The lowest BCUT2D eigenvalue weighted by molar-refractivity contribution is -0.345. The normalized spacial score (nSPS) is 13.7. The van der Waals surface area contributed by atoms with E-state index >= 15 is 0 Å². The summed E-state index contributed by atoms with van der Waals surface area (Å²) >= 11 is 0. The van der Waals surface area contributed by atoms with E-state index in [-0.39, 0.29) is 0 Å². The van der Waals surface area contributed by atoms with Crippen LogP contribution in [0.2, 0.25) is 0 Å². The Hall–Kier alpha value is -2.48. The molecule has 0 N–H and O–H groups in total. The summed E-state index contributed by atoms with van der Waals surface area (Å²) in [5.74, 6) is 0. The fourth-order valence-corrected chi connectivity index (χ4v) is 5.64. The highest BCUT2D eigenvalue weighted by molar-refractivity contribution is 5.82. The highest BCUT2D eigenvalue weighted by Gasteiger charge is 2.35. The van der Waals surface area contributed by atoms with Crippen LogP contribution < -0.4 is 0 Å². The Kier molecular flexibility index (Phi) is 13.0. The number of hydrogen-bond acceptors (Lipinski definition) is 0. The van der Waals surface area contributed by atoms with E-state index in [0.717, 1.165) is 73.9 Å². The van der Waals surface area contributed by atoms with Crippen molar-refractivity contribution in [2.75, 3.05) is 0 Å². The van der Waals surface area contributed by atoms with Gasteiger partial charge in [-0.05, 0) is 86.8 Å². The summed E-state index contributed by atoms with van der Waals surface area (Å²) in [6, 6.07) is 18.0. The monoisotopic (exact) mass is 512 g/mol. The van der Waals surface area contributed by atoms with Crippen LogP contribution in [0.1, 0.15) is 140 Å². The molecule has 2 heteroatoms. The third-order valence-corrected chi connectivity index (χ3v) is 8.01. The molecule has 0 radical (unpaired) electrons. The SMILES string of the molecule is CCCCCCCCc1ccc(C2=C(CCCC)C(CCCC)=C(c3ccc(CCCC)cc3)[N+]2=[N-])cc1. The number of aryl methyl sites for hydroxylation is 2. The molecule has 0 bridgehead atoms. The maximum atomic E-state index is 11.7. The number of nitrogens with zero attached hydrogens (tertiary/aromatic N) is 2. The molecule has 2 nitrogen and oxygen atoms in total. The lowest BCUT2D eigenvalue weighted by Crippen LogP contribution is -2.03. The van der Waals surface area contributed by atoms with Gasteiger partial charge in [0.25, 0.3) is 0 Å². The first-order valence-electron chi connectivity index (χ1n) is 15.8. The van der Waals surface area contributed by atoms with Gasteiger partial charge >= 0.3 is 0 Å². The molecule has 0 aliphatic carbocycles. The fraction of sp³-hybridized carbons (Fsp3) is 0.556. The van der Waals surface area contributed by atoms with Gasteiger partial charge in [0.05, 0.1) is 0 Å². The van der Waals surface area contributed by atoms with Gasteiger partial charge in [0.2, 0.25) is 11.4 Å². The Morgan fingerprint density at radius 1 is 0.447 bits per heavy atom. The van der Waals surface area contributed by atoms with Gasteiger partial charge in [-0.1, -0.05) is 103 Å². The molecular formula is C36H52N2. The molecular weight excluding hydrogens is 460 g/mol. The maximum Gasteiger partial charge on any atom is 0.211 e. The van der Waals surface area contributed by atoms with Crippen LogP contribution in [0, 0.1) is 0 Å². The molecule has 0 aromatic heterocycles. The molecule has 1 aliphatic rings. The second-order valence-electron chi connectivity index (χ2n) is 11.2. The van der Waals surface area contributed by atoms with Crippen molar-refractivity contribution in [3.63, 3.8) is 0 Å². The van der Waals surface area contributed by atoms with Crippen LogP contribution >= 0.6 is 0 Å². The first kappa shape index (κ1) is 30.1. The molecule has 206 valence electrons. The first-order chi connectivity index (χ1) is 18.6. The van der Waals surface area contributed by atoms with Gasteiger partial charge in [0.1, 0.15) is 0 Å². The molecule has 0 saturated heterocycles. The molecule has 0 unspecified atom stereocenters. The molecule has 0 fully saturated rings. The third kappa shape index (κ3) is 8.26. The Morgan fingerprint density at radius 3 is 1.26 bits per heavy atom. The molecule has 1 heterocycles. The Morgan fingerprint density at radius 2 is 0.816 bits per heavy atom. The summed E-state index contributed by atoms with van der Waals surface area (Å²) in [4.78, 5) is 0. The lowest BCUT2D eigenvalue weighted by atomic mass is 9.92. The Balaban J connectivity index is 1.87. The molecule has 2 aromatic carbocycles. The lowest BCUT2D eigenvalue weighted by Gasteiger charge is -2.11. The van der Waals surface area contributed by atoms with Crippen LogP contribution in [0.5, 0.6) is 0 Å². The fourth-order valence-electron chi connectivity index (χ4n) is 5.64. The van der Waals surface area contributed by atoms with E-state index in [1.54, 1.807) is 0 Å². The van der Waals surface area contributed by atoms with E-state index in [9.17, 15) is 5.53 Å². The highest BCUT2D eigenvalue weighted by atomic mass is 15.2. The molecule has 0 saturated carbocycles. The number of benzene rings is 2. The van der Waals surface area contributed by atoms with E-state index in [2.05, 4.69) is 76.2 Å². The number of unbranched alkanes of at least 4 members (excludes halogenated alkanes) is 8. The summed E-state index contributed by atoms with van der Waals surface area (Å²) in [6.45, 7) is 9.03. The summed E-state index contributed by atoms with van der Waals surface area (Å²) in [7, 11) is 0. The van der Waals surface area contributed by atoms with Crippen molar-refractivity contribution >= 4 is 11.4 Å². The van der Waals surface area contributed by atoms with Gasteiger partial charge in [-0.2, -0.15) is 0 Å². The average Bonchev–Trinajstić information content (AvgIpc) is 3.22. The van der Waals surface area contributed by atoms with E-state index in [4.69, 9.17) is 0 Å². The molecule has 0 amide bonds. The predicted octanol–water partition coefficient (Wildman–Crippen LogP) is 11.5. The van der Waals surface area contributed by atoms with Crippen molar-refractivity contribution in [2.24, 2.45) is 0 Å². The quantitative estimate of drug-likeness (QED) is 0.140. The Labute approximate surface area is 233 Å². The van der Waals surface area contributed by atoms with Crippen LogP contribution in [0.15, 0.2) is 59.7 Å². The van der Waals surface area contributed by atoms with Gasteiger partial charge in [0.15, 0.2) is 0 Å². The van der Waals surface area contributed by atoms with E-state index in [0.29, 0.717) is 0 Å². The minimum Gasteiger partial charge on any atom is -0.493 e. The highest BCUT2D eigenvalue weighted by Crippen LogP contribution is 2.44. The van der Waals surface area contributed by atoms with Crippen LogP contribution in [0.3, 0.4) is 0 Å². The largest absolute Gasteiger partial charge is 0.493 e. The standard InChI is InChI=1S/C36H52N2/c1-5-9-13-14-15-16-18-30-23-27-32(28-24-30)36-34(20-12-8-4)33(19-11-7-3)35(38(36)37)31-25-21-29(22-26-31)17-10-6-2/h21-28H,5-20H2,1-4H3. The van der Waals surface area contributed by atoms with Crippen molar-refractivity contribution in [3.05, 3.63) is 87.5 Å². The molecule has 0 atom stereocenters. The number of allylic oxidation sites excluding steroid dienone is 2. The van der Waals surface area contributed by atoms with Crippen LogP contribution in [-0.2, 0) is 12.8 Å². The van der Waals surface area contributed by atoms with E-state index in [1.165, 1.54) is 78.3 Å². The zero-order valence-corrected chi connectivity index (χ0v) is 24.8. The van der Waals surface area contributed by atoms with Crippen molar-refractivity contribution < 1.29 is 4.70 Å². The average molecular weight is 513 g/mol. The predicted molar refractivity (Wildman–Crippen MR) is 165 cm³/mol. The van der Waals surface area contributed by atoms with Crippen molar-refractivity contribution in [1.82, 2.24) is 0 Å². The smallest absolute Gasteiger partial charge is 0.211 e. The Bertz CT molecular complexity index is 1050. The number of hydrogen-bond donors (Lipinski definition) is 0. The van der Waals surface area contributed by atoms with Crippen molar-refractivity contribution in [1.29, 1.82) is 0 Å². The summed E-state index contributed by atoms with van der Waals surface area (Å²) < 4.78 is 1.53. The van der Waals surface area contributed by atoms with Gasteiger partial charge in [-0.25, -0.2) is 4.70 Å². The minimum absolute atomic E-state index is 0.998. The molecule has 1 aliphatic heterocycles. The molecule has 3 rings (SSSR count). The third-order valence-electron chi connectivity index (χ3n) is 8.01. The minimum atomic E-state index is 0.998. The molecule has 38 heavy (non-hydrogen) atoms. The van der Waals surface area contributed by atoms with Gasteiger partial charge in [-0.15, -0.1) is 0 Å². The second kappa shape index (κ2) is 16.5. The van der Waals surface area contributed by atoms with Crippen LogP contribution in [0.25, 0.3) is 16.9 Å². The number of rotatable bonds is 18. The van der Waals surface area contributed by atoms with Crippen LogP contribution in [-0.4, -0.2) is 4.70 Å². The molecule has 0 spiro atoms. The van der Waals surface area contributed by atoms with E-state index in [1.807, 2.05) is 0 Å². The van der Waals surface area contributed by atoms with Crippen LogP contribution in [0.4, 0.5) is 0 Å². The summed E-state index contributed by atoms with van der Waals surface area (Å²) in [5.41, 5.74) is 21.5. The second-order valence-corrected chi connectivity index (χ2v) is 11.2. The first-order valence-corrected chi connectivity index (χ1v) is 15.8. The van der Waals surface area contributed by atoms with Gasteiger partial charge in [0, 0.05) is 22.3 Å². The molecule has 2 aromatic rings. The van der Waals surface area contributed by atoms with E-state index < -0.39 is 0 Å². The van der Waals surface area contributed by atoms with Gasteiger partial charge in [-0.3, -0.25) is 0 Å². The van der Waals surface area contributed by atoms with Crippen molar-refractivity contribution in [2.45, 2.75) is 130 Å².